The average Bonchev–Trinajstić information content (AvgIpc) is 2.40. The van der Waals surface area contributed by atoms with Crippen molar-refractivity contribution in [3.05, 3.63) is 60.2 Å². The van der Waals surface area contributed by atoms with Gasteiger partial charge in [-0.2, -0.15) is 4.57 Å². The summed E-state index contributed by atoms with van der Waals surface area (Å²) in [6.45, 7) is 1.65. The predicted molar refractivity (Wildman–Crippen MR) is 65.2 cm³/mol. The molecule has 2 rings (SSSR count). The van der Waals surface area contributed by atoms with E-state index in [0.29, 0.717) is 11.3 Å². The highest BCUT2D eigenvalue weighted by molar-refractivity contribution is 5.95. The highest BCUT2D eigenvalue weighted by Gasteiger charge is 2.13. The minimum Gasteiger partial charge on any atom is -0.293 e. The van der Waals surface area contributed by atoms with E-state index in [4.69, 9.17) is 0 Å². The molecule has 1 aromatic carbocycles. The van der Waals surface area contributed by atoms with E-state index in [-0.39, 0.29) is 18.1 Å². The van der Waals surface area contributed by atoms with Crippen LogP contribution in [0.3, 0.4) is 0 Å². The fraction of sp³-hybridized carbons (Fsp3) is 0.143. The van der Waals surface area contributed by atoms with Crippen LogP contribution in [0.2, 0.25) is 0 Å². The van der Waals surface area contributed by atoms with Gasteiger partial charge in [-0.3, -0.25) is 9.59 Å². The van der Waals surface area contributed by atoms with Gasteiger partial charge in [-0.15, -0.1) is 0 Å². The van der Waals surface area contributed by atoms with E-state index in [0.717, 1.165) is 0 Å². The van der Waals surface area contributed by atoms with E-state index < -0.39 is 0 Å². The van der Waals surface area contributed by atoms with Crippen molar-refractivity contribution in [2.45, 2.75) is 13.5 Å². The molecule has 0 aliphatic carbocycles. The molecule has 0 bridgehead atoms. The van der Waals surface area contributed by atoms with Gasteiger partial charge in [0.05, 0.1) is 6.20 Å². The number of carbonyl (C=O) groups is 2. The molecule has 0 amide bonds. The largest absolute Gasteiger partial charge is 0.293 e. The first kappa shape index (κ1) is 12.1. The highest BCUT2D eigenvalue weighted by atomic mass is 16.1. The molecule has 1 aromatic heterocycles. The third-order valence-corrected chi connectivity index (χ3v) is 2.54. The maximum absolute atomic E-state index is 12.0. The van der Waals surface area contributed by atoms with E-state index in [1.807, 2.05) is 18.2 Å². The van der Waals surface area contributed by atoms with Crippen LogP contribution in [-0.2, 0) is 6.54 Å². The first-order valence-corrected chi connectivity index (χ1v) is 5.61. The molecule has 0 N–H and O–H groups in total. The van der Waals surface area contributed by atoms with Gasteiger partial charge in [0.25, 0.3) is 0 Å². The fourth-order valence-corrected chi connectivity index (χ4v) is 1.59. The molecule has 0 saturated carbocycles. The van der Waals surface area contributed by atoms with Crippen molar-refractivity contribution in [3.63, 3.8) is 0 Å². The molecule has 90 valence electrons. The number of aromatic nitrogens is 2. The molecule has 0 atom stereocenters. The highest BCUT2D eigenvalue weighted by Crippen LogP contribution is 2.00. The second-order valence-electron chi connectivity index (χ2n) is 3.96. The van der Waals surface area contributed by atoms with Crippen LogP contribution in [0.4, 0.5) is 0 Å². The molecule has 0 unspecified atom stereocenters. The number of carbonyl (C=O) groups excluding carboxylic acids is 2. The summed E-state index contributed by atoms with van der Waals surface area (Å²) in [5.41, 5.74) is 1.02. The minimum atomic E-state index is -0.114. The van der Waals surface area contributed by atoms with E-state index in [1.54, 1.807) is 29.1 Å². The Kier molecular flexibility index (Phi) is 3.57. The summed E-state index contributed by atoms with van der Waals surface area (Å²) >= 11 is 0. The normalized spacial score (nSPS) is 10.1. The molecule has 4 heteroatoms. The summed E-state index contributed by atoms with van der Waals surface area (Å²) in [5.74, 6) is -0.113. The molecule has 0 fully saturated rings. The molecular weight excluding hydrogens is 228 g/mol. The van der Waals surface area contributed by atoms with Gasteiger partial charge in [-0.1, -0.05) is 30.3 Å². The Labute approximate surface area is 105 Å². The molecule has 0 saturated heterocycles. The maximum atomic E-state index is 12.0. The molecule has 4 nitrogen and oxygen atoms in total. The first-order chi connectivity index (χ1) is 8.66. The summed E-state index contributed by atoms with van der Waals surface area (Å²) < 4.78 is 1.67. The van der Waals surface area contributed by atoms with Crippen molar-refractivity contribution < 1.29 is 14.2 Å². The Morgan fingerprint density at radius 2 is 1.94 bits per heavy atom. The molecule has 2 aromatic rings. The van der Waals surface area contributed by atoms with Crippen LogP contribution in [0.5, 0.6) is 0 Å². The Hall–Kier alpha value is -2.36. The predicted octanol–water partition coefficient (Wildman–Crippen LogP) is 1.45. The lowest BCUT2D eigenvalue weighted by atomic mass is 10.1. The summed E-state index contributed by atoms with van der Waals surface area (Å²) in [7, 11) is 0. The summed E-state index contributed by atoms with van der Waals surface area (Å²) in [6, 6.07) is 9.06. The zero-order chi connectivity index (χ0) is 13.0. The second-order valence-corrected chi connectivity index (χ2v) is 3.96. The lowest BCUT2D eigenvalue weighted by Crippen LogP contribution is -2.38. The van der Waals surface area contributed by atoms with E-state index >= 15 is 0 Å². The molecule has 18 heavy (non-hydrogen) atoms. The Balaban J connectivity index is 2.17. The van der Waals surface area contributed by atoms with Gasteiger partial charge in [0, 0.05) is 12.5 Å². The van der Waals surface area contributed by atoms with E-state index in [2.05, 4.69) is 4.98 Å². The number of nitrogens with zero attached hydrogens (tertiary/aromatic N) is 2. The second kappa shape index (κ2) is 5.31. The van der Waals surface area contributed by atoms with Gasteiger partial charge in [0.2, 0.25) is 12.3 Å². The van der Waals surface area contributed by atoms with Crippen LogP contribution in [0.25, 0.3) is 0 Å². The third-order valence-electron chi connectivity index (χ3n) is 2.54. The minimum absolute atomic E-state index is 0.00121. The zero-order valence-electron chi connectivity index (χ0n) is 10.0. The molecule has 1 heterocycles. The van der Waals surface area contributed by atoms with Gasteiger partial charge in [0.1, 0.15) is 0 Å². The third kappa shape index (κ3) is 2.85. The Bertz CT molecular complexity index is 579. The van der Waals surface area contributed by atoms with Gasteiger partial charge in [-0.25, -0.2) is 4.98 Å². The fourth-order valence-electron chi connectivity index (χ4n) is 1.59. The molecule has 0 aliphatic rings. The summed E-state index contributed by atoms with van der Waals surface area (Å²) in [6.07, 6.45) is 4.78. The van der Waals surface area contributed by atoms with E-state index in [1.165, 1.54) is 13.1 Å². The summed E-state index contributed by atoms with van der Waals surface area (Å²) in [5, 5.41) is 0. The SMILES string of the molecule is CC(=O)c1c[n+](CC(=O)c2ccccc2)ccn1. The van der Waals surface area contributed by atoms with Crippen LogP contribution < -0.4 is 4.57 Å². The number of rotatable bonds is 4. The Morgan fingerprint density at radius 1 is 1.22 bits per heavy atom. The number of benzene rings is 1. The molecule has 0 aliphatic heterocycles. The average molecular weight is 241 g/mol. The van der Waals surface area contributed by atoms with Crippen molar-refractivity contribution in [2.24, 2.45) is 0 Å². The van der Waals surface area contributed by atoms with Gasteiger partial charge in [0.15, 0.2) is 23.9 Å². The van der Waals surface area contributed by atoms with Gasteiger partial charge in [-0.05, 0) is 0 Å². The molecular formula is C14H13N2O2+. The first-order valence-electron chi connectivity index (χ1n) is 5.61. The number of Topliss-reactive ketones (excluding diaryl/α,β-unsaturated/α-hetero) is 2. The van der Waals surface area contributed by atoms with Gasteiger partial charge >= 0.3 is 0 Å². The molecule has 0 radical (unpaired) electrons. The quantitative estimate of drug-likeness (QED) is 0.601. The standard InChI is InChI=1S/C14H13N2O2/c1-11(17)13-9-16(8-7-15-13)10-14(18)12-5-3-2-4-6-12/h2-9H,10H2,1H3/q+1. The van der Waals surface area contributed by atoms with Crippen molar-refractivity contribution >= 4 is 11.6 Å². The van der Waals surface area contributed by atoms with Crippen molar-refractivity contribution in [2.75, 3.05) is 0 Å². The monoisotopic (exact) mass is 241 g/mol. The zero-order valence-corrected chi connectivity index (χ0v) is 10.0. The van der Waals surface area contributed by atoms with Crippen LogP contribution in [0.15, 0.2) is 48.9 Å². The van der Waals surface area contributed by atoms with Crippen molar-refractivity contribution in [1.82, 2.24) is 4.98 Å². The van der Waals surface area contributed by atoms with Crippen LogP contribution in [-0.4, -0.2) is 16.6 Å². The Morgan fingerprint density at radius 3 is 2.61 bits per heavy atom. The van der Waals surface area contributed by atoms with Crippen LogP contribution in [0, 0.1) is 0 Å². The number of hydrogen-bond donors (Lipinski definition) is 0. The van der Waals surface area contributed by atoms with Crippen LogP contribution >= 0.6 is 0 Å². The van der Waals surface area contributed by atoms with Crippen LogP contribution in [0.1, 0.15) is 27.8 Å². The summed E-state index contributed by atoms with van der Waals surface area (Å²) in [4.78, 5) is 27.1. The van der Waals surface area contributed by atoms with Crippen molar-refractivity contribution in [1.29, 1.82) is 0 Å². The lowest BCUT2D eigenvalue weighted by Gasteiger charge is -1.98. The maximum Gasteiger partial charge on any atom is 0.227 e. The van der Waals surface area contributed by atoms with E-state index in [9.17, 15) is 9.59 Å². The van der Waals surface area contributed by atoms with Crippen molar-refractivity contribution in [3.8, 4) is 0 Å². The topological polar surface area (TPSA) is 50.9 Å². The smallest absolute Gasteiger partial charge is 0.227 e. The van der Waals surface area contributed by atoms with Gasteiger partial charge < -0.3 is 0 Å². The number of hydrogen-bond acceptors (Lipinski definition) is 3. The lowest BCUT2D eigenvalue weighted by molar-refractivity contribution is -0.683. The molecule has 0 spiro atoms. The number of ketones is 2.